The molecule has 0 saturated carbocycles. The Hall–Kier alpha value is -2.45. The monoisotopic (exact) mass is 445 g/mol. The molecule has 1 aliphatic heterocycles. The fourth-order valence-electron chi connectivity index (χ4n) is 2.99. The number of carbonyl (C=O) groups excluding carboxylic acids is 1. The van der Waals surface area contributed by atoms with Gasteiger partial charge in [-0.15, -0.1) is 0 Å². The minimum absolute atomic E-state index is 0.252. The maximum absolute atomic E-state index is 12.8. The van der Waals surface area contributed by atoms with Gasteiger partial charge in [-0.1, -0.05) is 12.1 Å². The first kappa shape index (κ1) is 17.9. The summed E-state index contributed by atoms with van der Waals surface area (Å²) in [5.74, 6) is 1.82. The molecule has 0 fully saturated rings. The van der Waals surface area contributed by atoms with Gasteiger partial charge >= 0.3 is 0 Å². The Morgan fingerprint density at radius 3 is 2.63 bits per heavy atom. The van der Waals surface area contributed by atoms with Crippen molar-refractivity contribution in [1.82, 2.24) is 9.78 Å². The van der Waals surface area contributed by atoms with E-state index in [1.165, 1.54) is 0 Å². The zero-order chi connectivity index (χ0) is 19.0. The van der Waals surface area contributed by atoms with E-state index in [1.54, 1.807) is 23.9 Å². The number of anilines is 1. The van der Waals surface area contributed by atoms with Gasteiger partial charge in [-0.2, -0.15) is 5.10 Å². The van der Waals surface area contributed by atoms with Gasteiger partial charge in [0.2, 0.25) is 0 Å². The molecule has 27 heavy (non-hydrogen) atoms. The van der Waals surface area contributed by atoms with Gasteiger partial charge in [0.1, 0.15) is 11.6 Å². The number of methoxy groups -OCH3 is 1. The van der Waals surface area contributed by atoms with E-state index in [9.17, 15) is 9.00 Å². The Morgan fingerprint density at radius 1 is 1.19 bits per heavy atom. The van der Waals surface area contributed by atoms with Gasteiger partial charge in [-0.25, -0.2) is 4.68 Å². The lowest BCUT2D eigenvalue weighted by Crippen LogP contribution is -2.17. The van der Waals surface area contributed by atoms with Crippen molar-refractivity contribution >= 4 is 38.5 Å². The van der Waals surface area contributed by atoms with Crippen LogP contribution in [-0.4, -0.2) is 27.0 Å². The minimum atomic E-state index is -0.988. The second-order valence-corrected chi connectivity index (χ2v) is 8.36. The first-order chi connectivity index (χ1) is 13.1. The third-order valence-electron chi connectivity index (χ3n) is 4.34. The van der Waals surface area contributed by atoms with Gasteiger partial charge in [-0.3, -0.25) is 9.00 Å². The first-order valence-electron chi connectivity index (χ1n) is 8.23. The predicted molar refractivity (Wildman–Crippen MR) is 108 cm³/mol. The standard InChI is InChI=1S/C19H16BrN3O3S/c1-26-13-8-6-12(7-9-13)23-18(15-10-27(25)11-17(15)22-23)21-19(24)14-4-2-3-5-16(14)20/h2-9H,10-11H2,1H3,(H,21,24)/t27-/m1/s1. The van der Waals surface area contributed by atoms with Crippen molar-refractivity contribution in [3.05, 3.63) is 69.8 Å². The van der Waals surface area contributed by atoms with Gasteiger partial charge in [0, 0.05) is 20.8 Å². The molecule has 138 valence electrons. The number of halogens is 1. The molecule has 1 aliphatic rings. The average molecular weight is 446 g/mol. The van der Waals surface area contributed by atoms with E-state index in [0.29, 0.717) is 27.4 Å². The Labute approximate surface area is 167 Å². The highest BCUT2D eigenvalue weighted by atomic mass is 79.9. The molecule has 0 spiro atoms. The number of ether oxygens (including phenoxy) is 1. The lowest BCUT2D eigenvalue weighted by Gasteiger charge is -2.12. The lowest BCUT2D eigenvalue weighted by atomic mass is 10.2. The van der Waals surface area contributed by atoms with Gasteiger partial charge < -0.3 is 10.1 Å². The average Bonchev–Trinajstić information content (AvgIpc) is 3.19. The maximum Gasteiger partial charge on any atom is 0.257 e. The van der Waals surface area contributed by atoms with Gasteiger partial charge in [-0.05, 0) is 52.3 Å². The number of hydrogen-bond donors (Lipinski definition) is 1. The third kappa shape index (κ3) is 3.42. The molecule has 0 unspecified atom stereocenters. The normalized spacial score (nSPS) is 15.4. The molecule has 0 bridgehead atoms. The van der Waals surface area contributed by atoms with Crippen molar-refractivity contribution in [2.45, 2.75) is 11.5 Å². The largest absolute Gasteiger partial charge is 0.497 e. The molecule has 0 radical (unpaired) electrons. The SMILES string of the molecule is COc1ccc(-n2nc3c(c2NC(=O)c2ccccc2Br)C[S@@](=O)C3)cc1. The van der Waals surface area contributed by atoms with Crippen LogP contribution < -0.4 is 10.1 Å². The van der Waals surface area contributed by atoms with Crippen LogP contribution in [0.4, 0.5) is 5.82 Å². The van der Waals surface area contributed by atoms with E-state index in [2.05, 4.69) is 26.3 Å². The predicted octanol–water partition coefficient (Wildman–Crippen LogP) is 3.66. The van der Waals surface area contributed by atoms with Crippen molar-refractivity contribution in [2.24, 2.45) is 0 Å². The quantitative estimate of drug-likeness (QED) is 0.664. The van der Waals surface area contributed by atoms with Crippen molar-refractivity contribution in [3.8, 4) is 11.4 Å². The number of hydrogen-bond acceptors (Lipinski definition) is 4. The van der Waals surface area contributed by atoms with Crippen LogP contribution in [0.1, 0.15) is 21.6 Å². The van der Waals surface area contributed by atoms with Crippen LogP contribution in [0.3, 0.4) is 0 Å². The fraction of sp³-hybridized carbons (Fsp3) is 0.158. The summed E-state index contributed by atoms with van der Waals surface area (Å²) in [5.41, 5.74) is 2.89. The van der Waals surface area contributed by atoms with Crippen LogP contribution >= 0.6 is 15.9 Å². The van der Waals surface area contributed by atoms with Crippen molar-refractivity contribution in [3.63, 3.8) is 0 Å². The van der Waals surface area contributed by atoms with Crippen LogP contribution in [-0.2, 0) is 22.3 Å². The van der Waals surface area contributed by atoms with Gasteiger partial charge in [0.15, 0.2) is 0 Å². The Kier molecular flexibility index (Phi) is 4.84. The van der Waals surface area contributed by atoms with Crippen LogP contribution in [0.2, 0.25) is 0 Å². The van der Waals surface area contributed by atoms with Gasteiger partial charge in [0.25, 0.3) is 5.91 Å². The Morgan fingerprint density at radius 2 is 1.93 bits per heavy atom. The summed E-state index contributed by atoms with van der Waals surface area (Å²) in [4.78, 5) is 12.8. The van der Waals surface area contributed by atoms with Crippen LogP contribution in [0, 0.1) is 0 Å². The Balaban J connectivity index is 1.75. The smallest absolute Gasteiger partial charge is 0.257 e. The van der Waals surface area contributed by atoms with E-state index in [1.807, 2.05) is 36.4 Å². The number of nitrogens with one attached hydrogen (secondary N) is 1. The summed E-state index contributed by atoms with van der Waals surface area (Å²) in [6.45, 7) is 0. The van der Waals surface area contributed by atoms with E-state index < -0.39 is 10.8 Å². The van der Waals surface area contributed by atoms with Crippen LogP contribution in [0.15, 0.2) is 53.0 Å². The molecule has 1 N–H and O–H groups in total. The molecule has 1 amide bonds. The summed E-state index contributed by atoms with van der Waals surface area (Å²) in [6.07, 6.45) is 0. The number of benzene rings is 2. The Bertz CT molecular complexity index is 1050. The molecule has 1 atom stereocenters. The summed E-state index contributed by atoms with van der Waals surface area (Å²) in [7, 11) is 0.619. The second-order valence-electron chi connectivity index (χ2n) is 6.05. The minimum Gasteiger partial charge on any atom is -0.497 e. The summed E-state index contributed by atoms with van der Waals surface area (Å²) in [5, 5.41) is 7.55. The summed E-state index contributed by atoms with van der Waals surface area (Å²) in [6, 6.07) is 14.6. The van der Waals surface area contributed by atoms with E-state index in [-0.39, 0.29) is 5.91 Å². The fourth-order valence-corrected chi connectivity index (χ4v) is 4.72. The highest BCUT2D eigenvalue weighted by Crippen LogP contribution is 2.32. The molecular formula is C19H16BrN3O3S. The molecule has 0 aliphatic carbocycles. The lowest BCUT2D eigenvalue weighted by molar-refractivity contribution is 0.102. The number of aromatic nitrogens is 2. The van der Waals surface area contributed by atoms with E-state index in [0.717, 1.165) is 22.7 Å². The topological polar surface area (TPSA) is 73.2 Å². The van der Waals surface area contributed by atoms with Gasteiger partial charge in [0.05, 0.1) is 35.6 Å². The van der Waals surface area contributed by atoms with E-state index in [4.69, 9.17) is 4.74 Å². The first-order valence-corrected chi connectivity index (χ1v) is 10.5. The zero-order valence-electron chi connectivity index (χ0n) is 14.4. The zero-order valence-corrected chi connectivity index (χ0v) is 16.8. The number of fused-ring (bicyclic) bond motifs is 1. The molecule has 6 nitrogen and oxygen atoms in total. The van der Waals surface area contributed by atoms with Crippen LogP contribution in [0.25, 0.3) is 5.69 Å². The van der Waals surface area contributed by atoms with Crippen molar-refractivity contribution in [2.75, 3.05) is 12.4 Å². The molecule has 4 rings (SSSR count). The number of nitrogens with zero attached hydrogens (tertiary/aromatic N) is 2. The molecule has 1 aromatic heterocycles. The van der Waals surface area contributed by atoms with E-state index >= 15 is 0 Å². The number of carbonyl (C=O) groups is 1. The third-order valence-corrected chi connectivity index (χ3v) is 6.23. The van der Waals surface area contributed by atoms with Crippen molar-refractivity contribution in [1.29, 1.82) is 0 Å². The number of amides is 1. The van der Waals surface area contributed by atoms with Crippen LogP contribution in [0.5, 0.6) is 5.75 Å². The number of rotatable bonds is 4. The summed E-state index contributed by atoms with van der Waals surface area (Å²) < 4.78 is 19.6. The summed E-state index contributed by atoms with van der Waals surface area (Å²) >= 11 is 3.41. The molecule has 0 saturated heterocycles. The van der Waals surface area contributed by atoms with Crippen molar-refractivity contribution < 1.29 is 13.7 Å². The highest BCUT2D eigenvalue weighted by Gasteiger charge is 2.28. The molecule has 8 heteroatoms. The molecule has 3 aromatic rings. The molecular weight excluding hydrogens is 430 g/mol. The molecule has 2 heterocycles. The second kappa shape index (κ2) is 7.28. The maximum atomic E-state index is 12.8. The molecule has 2 aromatic carbocycles. The highest BCUT2D eigenvalue weighted by molar-refractivity contribution is 9.10.